The van der Waals surface area contributed by atoms with E-state index in [2.05, 4.69) is 5.32 Å². The minimum atomic E-state index is -0.131. The Balaban J connectivity index is 1.61. The van der Waals surface area contributed by atoms with Crippen LogP contribution in [0.1, 0.15) is 47.3 Å². The molecule has 1 aliphatic heterocycles. The van der Waals surface area contributed by atoms with Crippen molar-refractivity contribution in [3.8, 4) is 0 Å². The molecule has 1 saturated heterocycles. The molecule has 0 radical (unpaired) electrons. The van der Waals surface area contributed by atoms with Gasteiger partial charge in [-0.2, -0.15) is 0 Å². The second-order valence-corrected chi connectivity index (χ2v) is 6.80. The van der Waals surface area contributed by atoms with Crippen molar-refractivity contribution in [2.24, 2.45) is 0 Å². The summed E-state index contributed by atoms with van der Waals surface area (Å²) in [5, 5.41) is 3.63. The van der Waals surface area contributed by atoms with E-state index >= 15 is 0 Å². The summed E-state index contributed by atoms with van der Waals surface area (Å²) in [6.45, 7) is 3.36. The predicted molar refractivity (Wildman–Crippen MR) is 98.4 cm³/mol. The number of carbonyl (C=O) groups is 2. The predicted octanol–water partition coefficient (Wildman–Crippen LogP) is 3.95. The van der Waals surface area contributed by atoms with Crippen LogP contribution in [0, 0.1) is 0 Å². The molecule has 2 aromatic carbocycles. The van der Waals surface area contributed by atoms with Gasteiger partial charge >= 0.3 is 0 Å². The Bertz CT molecular complexity index is 774. The van der Waals surface area contributed by atoms with Gasteiger partial charge in [0.2, 0.25) is 5.91 Å². The van der Waals surface area contributed by atoms with Crippen LogP contribution in [-0.4, -0.2) is 23.3 Å². The summed E-state index contributed by atoms with van der Waals surface area (Å²) in [5.41, 5.74) is 2.60. The summed E-state index contributed by atoms with van der Waals surface area (Å²) in [5.74, 6) is 0.0773. The maximum Gasteiger partial charge on any atom is 0.251 e. The topological polar surface area (TPSA) is 49.4 Å². The lowest BCUT2D eigenvalue weighted by atomic mass is 10.1. The molecule has 0 unspecified atom stereocenters. The van der Waals surface area contributed by atoms with Crippen LogP contribution < -0.4 is 5.32 Å². The van der Waals surface area contributed by atoms with E-state index < -0.39 is 0 Å². The van der Waals surface area contributed by atoms with Crippen molar-refractivity contribution in [1.29, 1.82) is 0 Å². The van der Waals surface area contributed by atoms with Crippen LogP contribution in [0.5, 0.6) is 0 Å². The first kappa shape index (κ1) is 17.5. The molecule has 2 aromatic rings. The Kier molecular flexibility index (Phi) is 5.39. The van der Waals surface area contributed by atoms with E-state index in [-0.39, 0.29) is 17.9 Å². The lowest BCUT2D eigenvalue weighted by Crippen LogP contribution is -2.27. The molecule has 0 bridgehead atoms. The highest BCUT2D eigenvalue weighted by atomic mass is 35.5. The number of carbonyl (C=O) groups excluding carboxylic acids is 2. The molecule has 4 nitrogen and oxygen atoms in total. The molecule has 1 heterocycles. The average molecular weight is 357 g/mol. The third-order valence-corrected chi connectivity index (χ3v) is 4.69. The third-order valence-electron chi connectivity index (χ3n) is 4.46. The zero-order valence-electron chi connectivity index (χ0n) is 14.2. The standard InChI is InChI=1S/C20H21ClN2O2/c1-14(17-4-2-5-18(21)12-17)22-20(25)16-9-7-15(8-10-16)13-23-11-3-6-19(23)24/h2,4-5,7-10,12,14H,3,6,11,13H2,1H3,(H,22,25)/t14-/m0/s1. The molecule has 1 N–H and O–H groups in total. The maximum absolute atomic E-state index is 12.4. The first-order valence-electron chi connectivity index (χ1n) is 8.46. The number of nitrogens with one attached hydrogen (secondary N) is 1. The molecular weight excluding hydrogens is 336 g/mol. The van der Waals surface area contributed by atoms with Gasteiger partial charge in [0.1, 0.15) is 0 Å². The van der Waals surface area contributed by atoms with Crippen molar-refractivity contribution in [2.45, 2.75) is 32.4 Å². The number of amides is 2. The molecule has 130 valence electrons. The van der Waals surface area contributed by atoms with Gasteiger partial charge in [-0.15, -0.1) is 0 Å². The van der Waals surface area contributed by atoms with E-state index in [4.69, 9.17) is 11.6 Å². The Morgan fingerprint density at radius 2 is 2.00 bits per heavy atom. The first-order valence-corrected chi connectivity index (χ1v) is 8.84. The van der Waals surface area contributed by atoms with E-state index in [1.165, 1.54) is 0 Å². The summed E-state index contributed by atoms with van der Waals surface area (Å²) in [6, 6.07) is 14.8. The molecule has 2 amide bonds. The maximum atomic E-state index is 12.4. The zero-order chi connectivity index (χ0) is 17.8. The smallest absolute Gasteiger partial charge is 0.251 e. The molecule has 5 heteroatoms. The van der Waals surface area contributed by atoms with Gasteiger partial charge < -0.3 is 10.2 Å². The first-order chi connectivity index (χ1) is 12.0. The van der Waals surface area contributed by atoms with Crippen molar-refractivity contribution in [1.82, 2.24) is 10.2 Å². The van der Waals surface area contributed by atoms with Gasteiger partial charge in [0.05, 0.1) is 6.04 Å². The van der Waals surface area contributed by atoms with Gasteiger partial charge in [-0.3, -0.25) is 9.59 Å². The lowest BCUT2D eigenvalue weighted by Gasteiger charge is -2.16. The summed E-state index contributed by atoms with van der Waals surface area (Å²) in [4.78, 5) is 26.0. The second kappa shape index (κ2) is 7.70. The number of nitrogens with zero attached hydrogens (tertiary/aromatic N) is 1. The molecule has 0 spiro atoms. The van der Waals surface area contributed by atoms with Gasteiger partial charge in [0.15, 0.2) is 0 Å². The van der Waals surface area contributed by atoms with Crippen LogP contribution in [0.4, 0.5) is 0 Å². The molecule has 1 atom stereocenters. The highest BCUT2D eigenvalue weighted by Gasteiger charge is 2.20. The highest BCUT2D eigenvalue weighted by molar-refractivity contribution is 6.30. The van der Waals surface area contributed by atoms with Gasteiger partial charge in [0.25, 0.3) is 5.91 Å². The fourth-order valence-corrected chi connectivity index (χ4v) is 3.19. The van der Waals surface area contributed by atoms with Crippen molar-refractivity contribution >= 4 is 23.4 Å². The number of likely N-dealkylation sites (tertiary alicyclic amines) is 1. The fraction of sp³-hybridized carbons (Fsp3) is 0.300. The van der Waals surface area contributed by atoms with Gasteiger partial charge in [0, 0.05) is 30.1 Å². The highest BCUT2D eigenvalue weighted by Crippen LogP contribution is 2.18. The van der Waals surface area contributed by atoms with E-state index in [0.717, 1.165) is 24.1 Å². The summed E-state index contributed by atoms with van der Waals surface area (Å²) < 4.78 is 0. The minimum absolute atomic E-state index is 0.128. The van der Waals surface area contributed by atoms with Crippen LogP contribution in [0.15, 0.2) is 48.5 Å². The van der Waals surface area contributed by atoms with Gasteiger partial charge in [-0.1, -0.05) is 35.9 Å². The Hall–Kier alpha value is -2.33. The summed E-state index contributed by atoms with van der Waals surface area (Å²) >= 11 is 6.00. The van der Waals surface area contributed by atoms with E-state index in [1.807, 2.05) is 48.2 Å². The fourth-order valence-electron chi connectivity index (χ4n) is 2.99. The molecule has 0 aromatic heterocycles. The summed E-state index contributed by atoms with van der Waals surface area (Å²) in [6.07, 6.45) is 1.57. The van der Waals surface area contributed by atoms with E-state index in [0.29, 0.717) is 23.6 Å². The van der Waals surface area contributed by atoms with Crippen molar-refractivity contribution < 1.29 is 9.59 Å². The van der Waals surface area contributed by atoms with Crippen LogP contribution in [-0.2, 0) is 11.3 Å². The molecular formula is C20H21ClN2O2. The quantitative estimate of drug-likeness (QED) is 0.881. The van der Waals surface area contributed by atoms with Crippen LogP contribution in [0.25, 0.3) is 0 Å². The number of hydrogen-bond donors (Lipinski definition) is 1. The Morgan fingerprint density at radius 1 is 1.24 bits per heavy atom. The molecule has 0 aliphatic carbocycles. The molecule has 3 rings (SSSR count). The average Bonchev–Trinajstić information content (AvgIpc) is 3.00. The van der Waals surface area contributed by atoms with Gasteiger partial charge in [-0.05, 0) is 48.7 Å². The summed E-state index contributed by atoms with van der Waals surface area (Å²) in [7, 11) is 0. The third kappa shape index (κ3) is 4.40. The Morgan fingerprint density at radius 3 is 2.64 bits per heavy atom. The van der Waals surface area contributed by atoms with Crippen molar-refractivity contribution in [3.63, 3.8) is 0 Å². The minimum Gasteiger partial charge on any atom is -0.346 e. The number of rotatable bonds is 5. The molecule has 25 heavy (non-hydrogen) atoms. The van der Waals surface area contributed by atoms with Crippen molar-refractivity contribution in [2.75, 3.05) is 6.54 Å². The van der Waals surface area contributed by atoms with Crippen LogP contribution in [0.2, 0.25) is 5.02 Å². The monoisotopic (exact) mass is 356 g/mol. The number of halogens is 1. The zero-order valence-corrected chi connectivity index (χ0v) is 14.9. The normalized spacial score (nSPS) is 15.3. The Labute approximate surface area is 152 Å². The van der Waals surface area contributed by atoms with E-state index in [1.54, 1.807) is 12.1 Å². The van der Waals surface area contributed by atoms with Crippen LogP contribution in [0.3, 0.4) is 0 Å². The molecule has 0 saturated carbocycles. The van der Waals surface area contributed by atoms with Crippen molar-refractivity contribution in [3.05, 3.63) is 70.2 Å². The lowest BCUT2D eigenvalue weighted by molar-refractivity contribution is -0.128. The van der Waals surface area contributed by atoms with Crippen LogP contribution >= 0.6 is 11.6 Å². The molecule has 1 fully saturated rings. The largest absolute Gasteiger partial charge is 0.346 e. The number of benzene rings is 2. The number of hydrogen-bond acceptors (Lipinski definition) is 2. The SMILES string of the molecule is C[C@H](NC(=O)c1ccc(CN2CCCC2=O)cc1)c1cccc(Cl)c1. The van der Waals surface area contributed by atoms with Gasteiger partial charge in [-0.25, -0.2) is 0 Å². The molecule has 1 aliphatic rings. The van der Waals surface area contributed by atoms with E-state index in [9.17, 15) is 9.59 Å². The second-order valence-electron chi connectivity index (χ2n) is 6.37.